The van der Waals surface area contributed by atoms with Gasteiger partial charge in [0, 0.05) is 10.3 Å². The Hall–Kier alpha value is -2.03. The van der Waals surface area contributed by atoms with E-state index in [0.717, 1.165) is 31.9 Å². The van der Waals surface area contributed by atoms with E-state index in [1.807, 2.05) is 11.3 Å². The van der Waals surface area contributed by atoms with Gasteiger partial charge in [-0.1, -0.05) is 23.5 Å². The molecule has 122 valence electrons. The van der Waals surface area contributed by atoms with Crippen molar-refractivity contribution in [2.75, 3.05) is 0 Å². The van der Waals surface area contributed by atoms with Crippen LogP contribution in [0.3, 0.4) is 0 Å². The molecule has 0 N–H and O–H groups in total. The van der Waals surface area contributed by atoms with Gasteiger partial charge in [0.25, 0.3) is 0 Å². The molecule has 0 bridgehead atoms. The van der Waals surface area contributed by atoms with Gasteiger partial charge in [-0.05, 0) is 48.7 Å². The van der Waals surface area contributed by atoms with Crippen LogP contribution in [0.25, 0.3) is 25.4 Å². The quantitative estimate of drug-likeness (QED) is 0.419. The van der Waals surface area contributed by atoms with Crippen LogP contribution < -0.4 is 0 Å². The second-order valence-corrected chi connectivity index (χ2v) is 9.04. The Balaban J connectivity index is 1.56. The topological polar surface area (TPSA) is 56.0 Å². The molecule has 0 saturated carbocycles. The summed E-state index contributed by atoms with van der Waals surface area (Å²) >= 11 is 5.07. The van der Waals surface area contributed by atoms with Gasteiger partial charge in [0.05, 0.1) is 10.2 Å². The van der Waals surface area contributed by atoms with E-state index in [1.54, 1.807) is 29.4 Å². The number of rotatable bonds is 2. The standard InChI is InChI=1S/C17H11N5S3/c1-2-6-12-10(5-1)22-16(24-12)20-21-17(22)25-15-13-9-4-3-7-11(9)23-14(13)18-8-19-15/h1-2,5-6,8H,3-4,7H2. The summed E-state index contributed by atoms with van der Waals surface area (Å²) < 4.78 is 3.35. The Morgan fingerprint density at radius 1 is 1.04 bits per heavy atom. The minimum Gasteiger partial charge on any atom is -0.260 e. The Morgan fingerprint density at radius 2 is 2.00 bits per heavy atom. The van der Waals surface area contributed by atoms with Crippen molar-refractivity contribution in [2.24, 2.45) is 0 Å². The van der Waals surface area contributed by atoms with Gasteiger partial charge in [0.2, 0.25) is 10.1 Å². The molecule has 6 rings (SSSR count). The molecule has 4 aromatic heterocycles. The molecule has 0 fully saturated rings. The number of thiazole rings is 1. The summed E-state index contributed by atoms with van der Waals surface area (Å²) in [6.07, 6.45) is 5.21. The van der Waals surface area contributed by atoms with Crippen molar-refractivity contribution >= 4 is 59.8 Å². The van der Waals surface area contributed by atoms with E-state index in [0.29, 0.717) is 0 Å². The van der Waals surface area contributed by atoms with Crippen LogP contribution in [0, 0.1) is 0 Å². The number of hydrogen-bond donors (Lipinski definition) is 0. The molecule has 8 heteroatoms. The van der Waals surface area contributed by atoms with Gasteiger partial charge >= 0.3 is 0 Å². The Morgan fingerprint density at radius 3 is 3.00 bits per heavy atom. The summed E-state index contributed by atoms with van der Waals surface area (Å²) in [7, 11) is 0. The first-order valence-corrected chi connectivity index (χ1v) is 10.5. The van der Waals surface area contributed by atoms with Crippen molar-refractivity contribution in [3.05, 3.63) is 41.0 Å². The molecular weight excluding hydrogens is 370 g/mol. The van der Waals surface area contributed by atoms with Gasteiger partial charge in [0.15, 0.2) is 0 Å². The largest absolute Gasteiger partial charge is 0.260 e. The molecule has 5 aromatic rings. The number of para-hydroxylation sites is 1. The number of benzene rings is 1. The highest BCUT2D eigenvalue weighted by Crippen LogP contribution is 2.42. The highest BCUT2D eigenvalue weighted by Gasteiger charge is 2.23. The van der Waals surface area contributed by atoms with Crippen molar-refractivity contribution in [3.63, 3.8) is 0 Å². The Labute approximate surface area is 154 Å². The van der Waals surface area contributed by atoms with E-state index < -0.39 is 0 Å². The molecule has 0 atom stereocenters. The van der Waals surface area contributed by atoms with Crippen LogP contribution in [-0.4, -0.2) is 24.6 Å². The molecule has 0 amide bonds. The minimum atomic E-state index is 0.866. The first-order valence-electron chi connectivity index (χ1n) is 8.04. The monoisotopic (exact) mass is 381 g/mol. The molecule has 4 heterocycles. The van der Waals surface area contributed by atoms with Crippen LogP contribution in [0.2, 0.25) is 0 Å². The summed E-state index contributed by atoms with van der Waals surface area (Å²) in [6.45, 7) is 0. The molecule has 0 radical (unpaired) electrons. The van der Waals surface area contributed by atoms with Crippen LogP contribution >= 0.6 is 34.4 Å². The molecule has 5 nitrogen and oxygen atoms in total. The smallest absolute Gasteiger partial charge is 0.217 e. The van der Waals surface area contributed by atoms with E-state index in [9.17, 15) is 0 Å². The van der Waals surface area contributed by atoms with Gasteiger partial charge in [-0.3, -0.25) is 4.40 Å². The summed E-state index contributed by atoms with van der Waals surface area (Å²) in [5.74, 6) is 0. The molecule has 25 heavy (non-hydrogen) atoms. The van der Waals surface area contributed by atoms with Crippen LogP contribution in [0.4, 0.5) is 0 Å². The van der Waals surface area contributed by atoms with E-state index in [1.165, 1.54) is 33.4 Å². The summed E-state index contributed by atoms with van der Waals surface area (Å²) in [5, 5.41) is 11.9. The molecule has 0 unspecified atom stereocenters. The summed E-state index contributed by atoms with van der Waals surface area (Å²) in [4.78, 5) is 12.6. The van der Waals surface area contributed by atoms with Crippen molar-refractivity contribution in [2.45, 2.75) is 29.4 Å². The zero-order valence-corrected chi connectivity index (χ0v) is 15.4. The predicted molar refractivity (Wildman–Crippen MR) is 102 cm³/mol. The Bertz CT molecular complexity index is 1270. The molecule has 1 aliphatic rings. The van der Waals surface area contributed by atoms with Crippen molar-refractivity contribution < 1.29 is 0 Å². The highest BCUT2D eigenvalue weighted by molar-refractivity contribution is 7.99. The fraction of sp³-hybridized carbons (Fsp3) is 0.176. The lowest BCUT2D eigenvalue weighted by Gasteiger charge is -2.02. The lowest BCUT2D eigenvalue weighted by Crippen LogP contribution is -1.90. The SMILES string of the molecule is c1ccc2c(c1)sc1nnc(Sc3ncnc4sc5c(c34)CCC5)n12. The van der Waals surface area contributed by atoms with Crippen LogP contribution in [0.15, 0.2) is 40.8 Å². The van der Waals surface area contributed by atoms with Gasteiger partial charge in [-0.15, -0.1) is 21.5 Å². The third-order valence-corrected chi connectivity index (χ3v) is 7.73. The number of nitrogens with zero attached hydrogens (tertiary/aromatic N) is 5. The average Bonchev–Trinajstić information content (AvgIpc) is 3.35. The van der Waals surface area contributed by atoms with E-state index in [2.05, 4.69) is 48.8 Å². The van der Waals surface area contributed by atoms with Crippen molar-refractivity contribution in [3.8, 4) is 0 Å². The van der Waals surface area contributed by atoms with Crippen LogP contribution in [-0.2, 0) is 12.8 Å². The second-order valence-electron chi connectivity index (χ2n) is 5.99. The maximum atomic E-state index is 4.58. The van der Waals surface area contributed by atoms with Gasteiger partial charge in [-0.25, -0.2) is 9.97 Å². The van der Waals surface area contributed by atoms with Crippen LogP contribution in [0.5, 0.6) is 0 Å². The normalized spacial score (nSPS) is 14.1. The lowest BCUT2D eigenvalue weighted by molar-refractivity contribution is 0.914. The molecule has 0 saturated heterocycles. The van der Waals surface area contributed by atoms with Crippen molar-refractivity contribution in [1.82, 2.24) is 24.6 Å². The number of aromatic nitrogens is 5. The second kappa shape index (κ2) is 5.23. The van der Waals surface area contributed by atoms with Gasteiger partial charge < -0.3 is 0 Å². The zero-order chi connectivity index (χ0) is 16.4. The highest BCUT2D eigenvalue weighted by atomic mass is 32.2. The van der Waals surface area contributed by atoms with E-state index in [4.69, 9.17) is 0 Å². The molecular formula is C17H11N5S3. The molecule has 1 aliphatic carbocycles. The molecule has 0 spiro atoms. The first kappa shape index (κ1) is 14.2. The fourth-order valence-corrected chi connectivity index (χ4v) is 6.75. The maximum Gasteiger partial charge on any atom is 0.217 e. The maximum absolute atomic E-state index is 4.58. The zero-order valence-electron chi connectivity index (χ0n) is 13.0. The van der Waals surface area contributed by atoms with Crippen LogP contribution in [0.1, 0.15) is 16.9 Å². The van der Waals surface area contributed by atoms with E-state index >= 15 is 0 Å². The first-order chi connectivity index (χ1) is 12.4. The summed E-state index contributed by atoms with van der Waals surface area (Å²) in [6, 6.07) is 8.35. The molecule has 1 aromatic carbocycles. The van der Waals surface area contributed by atoms with Crippen molar-refractivity contribution in [1.29, 1.82) is 0 Å². The number of aryl methyl sites for hydroxylation is 2. The summed E-state index contributed by atoms with van der Waals surface area (Å²) in [5.41, 5.74) is 2.59. The lowest BCUT2D eigenvalue weighted by atomic mass is 10.2. The number of fused-ring (bicyclic) bond motifs is 6. The Kier molecular flexibility index (Phi) is 2.97. The average molecular weight is 382 g/mol. The van der Waals surface area contributed by atoms with Gasteiger partial charge in [0.1, 0.15) is 16.2 Å². The third-order valence-electron chi connectivity index (χ3n) is 4.57. The van der Waals surface area contributed by atoms with Gasteiger partial charge in [-0.2, -0.15) is 0 Å². The van der Waals surface area contributed by atoms with E-state index in [-0.39, 0.29) is 0 Å². The fourth-order valence-electron chi connectivity index (χ4n) is 3.49. The molecule has 0 aliphatic heterocycles. The number of hydrogen-bond acceptors (Lipinski definition) is 7. The predicted octanol–water partition coefficient (Wildman–Crippen LogP) is 4.59. The minimum absolute atomic E-state index is 0.866. The third kappa shape index (κ3) is 2.01. The number of thiophene rings is 1.